The van der Waals surface area contributed by atoms with Gasteiger partial charge in [-0.25, -0.2) is 0 Å². The molecule has 17 heavy (non-hydrogen) atoms. The second-order valence-electron chi connectivity index (χ2n) is 4.38. The van der Waals surface area contributed by atoms with E-state index in [1.165, 1.54) is 0 Å². The molecule has 1 saturated heterocycles. The van der Waals surface area contributed by atoms with Crippen LogP contribution in [0.4, 0.5) is 0 Å². The molecule has 5 nitrogen and oxygen atoms in total. The molecule has 1 fully saturated rings. The van der Waals surface area contributed by atoms with E-state index in [9.17, 15) is 4.79 Å². The molecule has 0 aromatic rings. The second kappa shape index (κ2) is 8.04. The summed E-state index contributed by atoms with van der Waals surface area (Å²) in [5, 5.41) is 14.5. The van der Waals surface area contributed by atoms with Gasteiger partial charge >= 0.3 is 0 Å². The largest absolute Gasteiger partial charge is 0.354 e. The van der Waals surface area contributed by atoms with Crippen LogP contribution in [0, 0.1) is 11.3 Å². The summed E-state index contributed by atoms with van der Waals surface area (Å²) in [6.45, 7) is 6.01. The molecule has 1 unspecified atom stereocenters. The molecule has 1 amide bonds. The van der Waals surface area contributed by atoms with Crippen LogP contribution in [0.1, 0.15) is 26.2 Å². The number of hydrogen-bond donors (Lipinski definition) is 2. The van der Waals surface area contributed by atoms with Crippen molar-refractivity contribution in [1.82, 2.24) is 15.5 Å². The lowest BCUT2D eigenvalue weighted by Crippen LogP contribution is -2.44. The maximum absolute atomic E-state index is 11.7. The van der Waals surface area contributed by atoms with Gasteiger partial charge in [-0.3, -0.25) is 9.69 Å². The molecule has 0 radical (unpaired) electrons. The van der Waals surface area contributed by atoms with Gasteiger partial charge in [-0.15, -0.1) is 0 Å². The smallest absolute Gasteiger partial charge is 0.234 e. The molecule has 1 aliphatic heterocycles. The van der Waals surface area contributed by atoms with Crippen LogP contribution in [0.5, 0.6) is 0 Å². The predicted octanol–water partition coefficient (Wildman–Crippen LogP) is 0.0902. The number of amides is 1. The van der Waals surface area contributed by atoms with E-state index in [1.807, 2.05) is 6.07 Å². The summed E-state index contributed by atoms with van der Waals surface area (Å²) in [6.07, 6.45) is 2.55. The Labute approximate surface area is 103 Å². The Morgan fingerprint density at radius 2 is 2.47 bits per heavy atom. The molecule has 0 aliphatic carbocycles. The average Bonchev–Trinajstić information content (AvgIpc) is 2.82. The van der Waals surface area contributed by atoms with Crippen molar-refractivity contribution in [2.24, 2.45) is 0 Å². The van der Waals surface area contributed by atoms with Gasteiger partial charge in [-0.05, 0) is 25.9 Å². The molecule has 1 atom stereocenters. The van der Waals surface area contributed by atoms with Gasteiger partial charge in [0.1, 0.15) is 0 Å². The van der Waals surface area contributed by atoms with Crippen molar-refractivity contribution >= 4 is 5.91 Å². The minimum absolute atomic E-state index is 0.0283. The molecule has 0 spiro atoms. The Hall–Kier alpha value is -1.12. The highest BCUT2D eigenvalue weighted by Crippen LogP contribution is 2.08. The van der Waals surface area contributed by atoms with Gasteiger partial charge < -0.3 is 10.6 Å². The van der Waals surface area contributed by atoms with Crippen molar-refractivity contribution in [3.05, 3.63) is 0 Å². The third kappa shape index (κ3) is 5.16. The number of hydrogen-bond acceptors (Lipinski definition) is 4. The van der Waals surface area contributed by atoms with Crippen LogP contribution in [-0.2, 0) is 4.79 Å². The summed E-state index contributed by atoms with van der Waals surface area (Å²) < 4.78 is 0. The molecule has 1 heterocycles. The van der Waals surface area contributed by atoms with Crippen molar-refractivity contribution in [3.8, 4) is 6.07 Å². The van der Waals surface area contributed by atoms with Crippen LogP contribution < -0.4 is 10.6 Å². The van der Waals surface area contributed by atoms with E-state index in [0.29, 0.717) is 25.6 Å². The Morgan fingerprint density at radius 1 is 1.65 bits per heavy atom. The Kier molecular flexibility index (Phi) is 6.60. The summed E-state index contributed by atoms with van der Waals surface area (Å²) in [5.74, 6) is 0.0283. The van der Waals surface area contributed by atoms with E-state index in [4.69, 9.17) is 5.26 Å². The number of rotatable bonds is 7. The molecular weight excluding hydrogens is 216 g/mol. The molecule has 1 aliphatic rings. The summed E-state index contributed by atoms with van der Waals surface area (Å²) in [7, 11) is 0. The van der Waals surface area contributed by atoms with Gasteiger partial charge in [-0.2, -0.15) is 5.26 Å². The fraction of sp³-hybridized carbons (Fsp3) is 0.833. The molecule has 5 heteroatoms. The van der Waals surface area contributed by atoms with Gasteiger partial charge in [0, 0.05) is 19.1 Å². The van der Waals surface area contributed by atoms with E-state index in [2.05, 4.69) is 22.5 Å². The minimum atomic E-state index is 0.0283. The number of nitrogens with zero attached hydrogens (tertiary/aromatic N) is 2. The number of nitriles is 1. The van der Waals surface area contributed by atoms with Gasteiger partial charge in [0.05, 0.1) is 19.0 Å². The zero-order chi connectivity index (χ0) is 12.5. The molecule has 0 saturated carbocycles. The lowest BCUT2D eigenvalue weighted by molar-refractivity contribution is -0.122. The van der Waals surface area contributed by atoms with E-state index >= 15 is 0 Å². The first kappa shape index (κ1) is 13.9. The standard InChI is InChI=1S/C12H22N4O/c1-2-8-16(11-4-7-14-9-11)10-12(17)15-6-3-5-13/h11,14H,2-4,6-10H2,1H3,(H,15,17). The van der Waals surface area contributed by atoms with Crippen molar-refractivity contribution in [2.45, 2.75) is 32.2 Å². The first-order valence-corrected chi connectivity index (χ1v) is 6.36. The van der Waals surface area contributed by atoms with Crippen molar-refractivity contribution in [2.75, 3.05) is 32.7 Å². The zero-order valence-corrected chi connectivity index (χ0v) is 10.5. The highest BCUT2D eigenvalue weighted by Gasteiger charge is 2.23. The van der Waals surface area contributed by atoms with Gasteiger partial charge in [0.2, 0.25) is 5.91 Å². The third-order valence-corrected chi connectivity index (χ3v) is 2.97. The summed E-state index contributed by atoms with van der Waals surface area (Å²) >= 11 is 0. The van der Waals surface area contributed by atoms with Crippen LogP contribution in [0.15, 0.2) is 0 Å². The van der Waals surface area contributed by atoms with E-state index in [0.717, 1.165) is 32.5 Å². The first-order chi connectivity index (χ1) is 8.27. The normalized spacial score (nSPS) is 19.2. The Bertz CT molecular complexity index is 268. The van der Waals surface area contributed by atoms with E-state index in [-0.39, 0.29) is 5.91 Å². The van der Waals surface area contributed by atoms with Crippen LogP contribution in [0.25, 0.3) is 0 Å². The van der Waals surface area contributed by atoms with Crippen molar-refractivity contribution in [3.63, 3.8) is 0 Å². The predicted molar refractivity (Wildman–Crippen MR) is 66.4 cm³/mol. The highest BCUT2D eigenvalue weighted by atomic mass is 16.2. The van der Waals surface area contributed by atoms with Gasteiger partial charge in [-0.1, -0.05) is 6.92 Å². The third-order valence-electron chi connectivity index (χ3n) is 2.97. The van der Waals surface area contributed by atoms with Crippen LogP contribution in [-0.4, -0.2) is 49.6 Å². The van der Waals surface area contributed by atoms with Crippen LogP contribution in [0.2, 0.25) is 0 Å². The Morgan fingerprint density at radius 3 is 3.06 bits per heavy atom. The van der Waals surface area contributed by atoms with Crippen LogP contribution in [0.3, 0.4) is 0 Å². The molecule has 2 N–H and O–H groups in total. The quantitative estimate of drug-likeness (QED) is 0.617. The molecule has 1 rings (SSSR count). The highest BCUT2D eigenvalue weighted by molar-refractivity contribution is 5.78. The lowest BCUT2D eigenvalue weighted by atomic mass is 10.2. The maximum Gasteiger partial charge on any atom is 0.234 e. The second-order valence-corrected chi connectivity index (χ2v) is 4.38. The monoisotopic (exact) mass is 238 g/mol. The molecular formula is C12H22N4O. The van der Waals surface area contributed by atoms with Gasteiger partial charge in [0.15, 0.2) is 0 Å². The molecule has 0 aromatic heterocycles. The average molecular weight is 238 g/mol. The first-order valence-electron chi connectivity index (χ1n) is 6.36. The van der Waals surface area contributed by atoms with E-state index < -0.39 is 0 Å². The molecule has 96 valence electrons. The topological polar surface area (TPSA) is 68.2 Å². The van der Waals surface area contributed by atoms with Crippen molar-refractivity contribution in [1.29, 1.82) is 5.26 Å². The van der Waals surface area contributed by atoms with Crippen molar-refractivity contribution < 1.29 is 4.79 Å². The number of carbonyl (C=O) groups is 1. The lowest BCUT2D eigenvalue weighted by Gasteiger charge is -2.27. The summed E-state index contributed by atoms with van der Waals surface area (Å²) in [6, 6.07) is 2.50. The fourth-order valence-corrected chi connectivity index (χ4v) is 2.13. The summed E-state index contributed by atoms with van der Waals surface area (Å²) in [5.41, 5.74) is 0. The molecule has 0 aromatic carbocycles. The SMILES string of the molecule is CCCN(CC(=O)NCCC#N)C1CCNC1. The Balaban J connectivity index is 2.32. The van der Waals surface area contributed by atoms with E-state index in [1.54, 1.807) is 0 Å². The number of carbonyl (C=O) groups excluding carboxylic acids is 1. The van der Waals surface area contributed by atoms with Gasteiger partial charge in [0.25, 0.3) is 0 Å². The zero-order valence-electron chi connectivity index (χ0n) is 10.5. The van der Waals surface area contributed by atoms with Crippen LogP contribution >= 0.6 is 0 Å². The minimum Gasteiger partial charge on any atom is -0.354 e. The fourth-order valence-electron chi connectivity index (χ4n) is 2.13. The maximum atomic E-state index is 11.7. The number of nitrogens with one attached hydrogen (secondary N) is 2. The molecule has 0 bridgehead atoms. The summed E-state index contributed by atoms with van der Waals surface area (Å²) in [4.78, 5) is 13.9.